The molecule has 0 N–H and O–H groups in total. The van der Waals surface area contributed by atoms with Gasteiger partial charge in [-0.05, 0) is 59.8 Å². The van der Waals surface area contributed by atoms with Gasteiger partial charge in [0.05, 0.1) is 0 Å². The van der Waals surface area contributed by atoms with Crippen LogP contribution in [0.15, 0.2) is 18.2 Å². The molecule has 1 aromatic rings. The van der Waals surface area contributed by atoms with Gasteiger partial charge in [-0.15, -0.1) is 0 Å². The summed E-state index contributed by atoms with van der Waals surface area (Å²) >= 11 is 0. The summed E-state index contributed by atoms with van der Waals surface area (Å²) in [5.74, 6) is 0.660. The number of allylic oxidation sites excluding steroid dienone is 1. The lowest BCUT2D eigenvalue weighted by molar-refractivity contribution is 0.361. The number of aryl methyl sites for hydroxylation is 1. The first-order valence-corrected chi connectivity index (χ1v) is 7.37. The molecule has 0 aromatic heterocycles. The highest BCUT2D eigenvalue weighted by Gasteiger charge is 2.27. The van der Waals surface area contributed by atoms with Gasteiger partial charge >= 0.3 is 0 Å². The number of hydrogen-bond acceptors (Lipinski definition) is 0. The molecular formula is C18H24. The van der Waals surface area contributed by atoms with E-state index in [1.165, 1.54) is 37.7 Å². The highest BCUT2D eigenvalue weighted by molar-refractivity contribution is 5.66. The first-order chi connectivity index (χ1) is 8.54. The molecule has 0 fully saturated rings. The van der Waals surface area contributed by atoms with Gasteiger partial charge in [0, 0.05) is 5.92 Å². The molecule has 1 unspecified atom stereocenters. The van der Waals surface area contributed by atoms with Crippen LogP contribution >= 0.6 is 0 Å². The summed E-state index contributed by atoms with van der Waals surface area (Å²) in [6, 6.07) is 4.72. The second-order valence-corrected chi connectivity index (χ2v) is 7.14. The molecule has 2 aliphatic rings. The van der Waals surface area contributed by atoms with Crippen LogP contribution in [0.25, 0.3) is 6.08 Å². The summed E-state index contributed by atoms with van der Waals surface area (Å²) in [6.45, 7) is 7.07. The van der Waals surface area contributed by atoms with Crippen molar-refractivity contribution in [2.24, 2.45) is 5.41 Å². The Labute approximate surface area is 111 Å². The van der Waals surface area contributed by atoms with E-state index in [4.69, 9.17) is 0 Å². The molecule has 1 aromatic carbocycles. The predicted molar refractivity (Wildman–Crippen MR) is 78.9 cm³/mol. The van der Waals surface area contributed by atoms with Crippen molar-refractivity contribution in [2.75, 3.05) is 0 Å². The van der Waals surface area contributed by atoms with E-state index in [1.54, 1.807) is 16.7 Å². The van der Waals surface area contributed by atoms with Crippen LogP contribution in [0, 0.1) is 5.41 Å². The van der Waals surface area contributed by atoms with Crippen molar-refractivity contribution >= 4 is 6.08 Å². The van der Waals surface area contributed by atoms with Crippen molar-refractivity contribution in [3.63, 3.8) is 0 Å². The SMILES string of the molecule is CC(C)(C)CC1C=Cc2ccc3c(c21)CCCC3. The highest BCUT2D eigenvalue weighted by atomic mass is 14.3. The second-order valence-electron chi connectivity index (χ2n) is 7.14. The molecule has 3 rings (SSSR count). The maximum atomic E-state index is 2.44. The molecule has 0 aliphatic heterocycles. The zero-order chi connectivity index (χ0) is 12.8. The molecule has 2 aliphatic carbocycles. The fraction of sp³-hybridized carbons (Fsp3) is 0.556. The summed E-state index contributed by atoms with van der Waals surface area (Å²) in [6.07, 6.45) is 11.4. The maximum absolute atomic E-state index is 2.44. The van der Waals surface area contributed by atoms with E-state index in [-0.39, 0.29) is 0 Å². The standard InChI is InChI=1S/C18H24/c1-18(2,3)12-15-11-10-14-9-8-13-6-4-5-7-16(13)17(14)15/h8-11,15H,4-7,12H2,1-3H3. The molecular weight excluding hydrogens is 216 g/mol. The first kappa shape index (κ1) is 12.0. The average molecular weight is 240 g/mol. The van der Waals surface area contributed by atoms with E-state index >= 15 is 0 Å². The van der Waals surface area contributed by atoms with E-state index in [1.807, 2.05) is 0 Å². The van der Waals surface area contributed by atoms with Crippen LogP contribution in [0.3, 0.4) is 0 Å². The summed E-state index contributed by atoms with van der Waals surface area (Å²) < 4.78 is 0. The molecule has 0 bridgehead atoms. The quantitative estimate of drug-likeness (QED) is 0.639. The molecule has 0 amide bonds. The zero-order valence-corrected chi connectivity index (χ0v) is 11.9. The topological polar surface area (TPSA) is 0 Å². The predicted octanol–water partition coefficient (Wildman–Crippen LogP) is 5.11. The van der Waals surface area contributed by atoms with Crippen molar-refractivity contribution < 1.29 is 0 Å². The Morgan fingerprint density at radius 1 is 1.11 bits per heavy atom. The van der Waals surface area contributed by atoms with Gasteiger partial charge in [0.25, 0.3) is 0 Å². The Morgan fingerprint density at radius 2 is 1.89 bits per heavy atom. The molecule has 0 nitrogen and oxygen atoms in total. The van der Waals surface area contributed by atoms with Crippen LogP contribution in [0.1, 0.15) is 68.2 Å². The van der Waals surface area contributed by atoms with Gasteiger partial charge in [-0.25, -0.2) is 0 Å². The second kappa shape index (κ2) is 4.26. The van der Waals surface area contributed by atoms with Crippen molar-refractivity contribution in [1.29, 1.82) is 0 Å². The fourth-order valence-corrected chi connectivity index (χ4v) is 3.60. The normalized spacial score (nSPS) is 21.8. The van der Waals surface area contributed by atoms with Crippen LogP contribution in [0.5, 0.6) is 0 Å². The summed E-state index contributed by atoms with van der Waals surface area (Å²) in [5, 5.41) is 0. The largest absolute Gasteiger partial charge is 0.0764 e. The smallest absolute Gasteiger partial charge is 0.00350 e. The van der Waals surface area contributed by atoms with Crippen LogP contribution in [-0.2, 0) is 12.8 Å². The van der Waals surface area contributed by atoms with Gasteiger partial charge in [-0.1, -0.05) is 45.1 Å². The van der Waals surface area contributed by atoms with Gasteiger partial charge in [0.1, 0.15) is 0 Å². The first-order valence-electron chi connectivity index (χ1n) is 7.37. The van der Waals surface area contributed by atoms with Crippen molar-refractivity contribution in [2.45, 2.75) is 58.8 Å². The summed E-state index contributed by atoms with van der Waals surface area (Å²) in [4.78, 5) is 0. The fourth-order valence-electron chi connectivity index (χ4n) is 3.60. The number of rotatable bonds is 1. The van der Waals surface area contributed by atoms with Crippen LogP contribution in [-0.4, -0.2) is 0 Å². The van der Waals surface area contributed by atoms with Crippen LogP contribution in [0.4, 0.5) is 0 Å². The van der Waals surface area contributed by atoms with E-state index in [9.17, 15) is 0 Å². The van der Waals surface area contributed by atoms with Crippen molar-refractivity contribution in [3.8, 4) is 0 Å². The van der Waals surface area contributed by atoms with Gasteiger partial charge in [0.2, 0.25) is 0 Å². The van der Waals surface area contributed by atoms with E-state index in [2.05, 4.69) is 45.1 Å². The lowest BCUT2D eigenvalue weighted by Gasteiger charge is -2.27. The molecule has 0 saturated carbocycles. The summed E-state index contributed by atoms with van der Waals surface area (Å²) in [5.41, 5.74) is 6.89. The van der Waals surface area contributed by atoms with E-state index in [0.29, 0.717) is 11.3 Å². The van der Waals surface area contributed by atoms with Gasteiger partial charge in [-0.2, -0.15) is 0 Å². The Hall–Kier alpha value is -1.04. The third kappa shape index (κ3) is 2.13. The van der Waals surface area contributed by atoms with E-state index in [0.717, 1.165) is 0 Å². The lowest BCUT2D eigenvalue weighted by atomic mass is 9.78. The molecule has 96 valence electrons. The van der Waals surface area contributed by atoms with Crippen molar-refractivity contribution in [3.05, 3.63) is 40.5 Å². The molecule has 0 radical (unpaired) electrons. The molecule has 0 saturated heterocycles. The van der Waals surface area contributed by atoms with Gasteiger partial charge in [0.15, 0.2) is 0 Å². The molecule has 18 heavy (non-hydrogen) atoms. The number of benzene rings is 1. The lowest BCUT2D eigenvalue weighted by Crippen LogP contribution is -2.13. The third-order valence-corrected chi connectivity index (χ3v) is 4.32. The highest BCUT2D eigenvalue weighted by Crippen LogP contribution is 2.42. The van der Waals surface area contributed by atoms with Gasteiger partial charge in [-0.3, -0.25) is 0 Å². The summed E-state index contributed by atoms with van der Waals surface area (Å²) in [7, 11) is 0. The Morgan fingerprint density at radius 3 is 2.67 bits per heavy atom. The monoisotopic (exact) mass is 240 g/mol. The maximum Gasteiger partial charge on any atom is 0.00350 e. The average Bonchev–Trinajstić information content (AvgIpc) is 2.70. The minimum absolute atomic E-state index is 0.411. The van der Waals surface area contributed by atoms with Crippen molar-refractivity contribution in [1.82, 2.24) is 0 Å². The third-order valence-electron chi connectivity index (χ3n) is 4.32. The van der Waals surface area contributed by atoms with Crippen LogP contribution < -0.4 is 0 Å². The zero-order valence-electron chi connectivity index (χ0n) is 11.9. The minimum atomic E-state index is 0.411. The Kier molecular flexibility index (Phi) is 2.84. The number of hydrogen-bond donors (Lipinski definition) is 0. The van der Waals surface area contributed by atoms with Gasteiger partial charge < -0.3 is 0 Å². The molecule has 0 heteroatoms. The minimum Gasteiger partial charge on any atom is -0.0764 e. The molecule has 0 heterocycles. The van der Waals surface area contributed by atoms with E-state index < -0.39 is 0 Å². The number of fused-ring (bicyclic) bond motifs is 3. The Balaban J connectivity index is 2.00. The Bertz CT molecular complexity index is 485. The molecule has 1 atom stereocenters. The van der Waals surface area contributed by atoms with Crippen LogP contribution in [0.2, 0.25) is 0 Å². The molecule has 0 spiro atoms.